The number of carbonyl (C=O) groups excluding carboxylic acids is 2. The maximum Gasteiger partial charge on any atom is 0.255 e. The van der Waals surface area contributed by atoms with Crippen molar-refractivity contribution >= 4 is 11.8 Å². The summed E-state index contributed by atoms with van der Waals surface area (Å²) in [6.07, 6.45) is 5.59. The Labute approximate surface area is 155 Å². The summed E-state index contributed by atoms with van der Waals surface area (Å²) in [5.41, 5.74) is 2.05. The number of aromatic nitrogens is 1. The van der Waals surface area contributed by atoms with Crippen LogP contribution in [0.2, 0.25) is 0 Å². The Bertz CT molecular complexity index is 710. The van der Waals surface area contributed by atoms with Gasteiger partial charge in [-0.15, -0.1) is 0 Å². The molecule has 2 aromatic rings. The highest BCUT2D eigenvalue weighted by atomic mass is 16.2. The second-order valence-corrected chi connectivity index (χ2v) is 6.25. The fourth-order valence-electron chi connectivity index (χ4n) is 2.79. The van der Waals surface area contributed by atoms with E-state index in [9.17, 15) is 9.59 Å². The normalized spacial score (nSPS) is 10.4. The summed E-state index contributed by atoms with van der Waals surface area (Å²) in [4.78, 5) is 30.9. The van der Waals surface area contributed by atoms with Crippen LogP contribution in [-0.4, -0.2) is 41.3 Å². The molecule has 2 rings (SSSR count). The van der Waals surface area contributed by atoms with Gasteiger partial charge in [-0.3, -0.25) is 14.6 Å². The van der Waals surface area contributed by atoms with Crippen LogP contribution in [0.5, 0.6) is 0 Å². The van der Waals surface area contributed by atoms with Gasteiger partial charge in [-0.1, -0.05) is 44.2 Å². The molecule has 26 heavy (non-hydrogen) atoms. The fraction of sp³-hybridized carbons (Fsp3) is 0.381. The van der Waals surface area contributed by atoms with E-state index in [2.05, 4.69) is 10.3 Å². The number of hydrogen-bond donors (Lipinski definition) is 1. The van der Waals surface area contributed by atoms with Crippen LogP contribution in [0.25, 0.3) is 0 Å². The van der Waals surface area contributed by atoms with E-state index in [-0.39, 0.29) is 11.8 Å². The first-order chi connectivity index (χ1) is 12.7. The minimum atomic E-state index is -0.208. The third kappa shape index (κ3) is 5.69. The van der Waals surface area contributed by atoms with E-state index >= 15 is 0 Å². The first kappa shape index (κ1) is 19.6. The van der Waals surface area contributed by atoms with E-state index < -0.39 is 0 Å². The summed E-state index contributed by atoms with van der Waals surface area (Å²) < 4.78 is 0. The summed E-state index contributed by atoms with van der Waals surface area (Å²) in [6, 6.07) is 11.6. The highest BCUT2D eigenvalue weighted by Crippen LogP contribution is 2.08. The maximum atomic E-state index is 12.7. The van der Waals surface area contributed by atoms with Gasteiger partial charge in [0.2, 0.25) is 0 Å². The molecule has 1 heterocycles. The Balaban J connectivity index is 1.98. The monoisotopic (exact) mass is 353 g/mol. The van der Waals surface area contributed by atoms with Gasteiger partial charge < -0.3 is 10.2 Å². The highest BCUT2D eigenvalue weighted by molar-refractivity contribution is 5.99. The Kier molecular flexibility index (Phi) is 7.80. The first-order valence-electron chi connectivity index (χ1n) is 9.22. The van der Waals surface area contributed by atoms with Gasteiger partial charge in [0.05, 0.1) is 11.1 Å². The van der Waals surface area contributed by atoms with Crippen molar-refractivity contribution in [3.8, 4) is 0 Å². The molecule has 0 unspecified atom stereocenters. The predicted octanol–water partition coefficient (Wildman–Crippen LogP) is 3.32. The fourth-order valence-corrected chi connectivity index (χ4v) is 2.79. The van der Waals surface area contributed by atoms with Gasteiger partial charge >= 0.3 is 0 Å². The quantitative estimate of drug-likeness (QED) is 0.752. The average Bonchev–Trinajstić information content (AvgIpc) is 2.68. The summed E-state index contributed by atoms with van der Waals surface area (Å²) in [6.45, 7) is 6.05. The summed E-state index contributed by atoms with van der Waals surface area (Å²) in [5, 5.41) is 2.89. The van der Waals surface area contributed by atoms with Crippen LogP contribution >= 0.6 is 0 Å². The van der Waals surface area contributed by atoms with Gasteiger partial charge in [0.25, 0.3) is 11.8 Å². The Hall–Kier alpha value is -2.69. The van der Waals surface area contributed by atoms with Gasteiger partial charge in [0.1, 0.15) is 0 Å². The predicted molar refractivity (Wildman–Crippen MR) is 103 cm³/mol. The van der Waals surface area contributed by atoms with Crippen molar-refractivity contribution in [3.05, 3.63) is 65.5 Å². The molecule has 5 nitrogen and oxygen atoms in total. The zero-order valence-corrected chi connectivity index (χ0v) is 15.6. The van der Waals surface area contributed by atoms with Crippen molar-refractivity contribution in [1.82, 2.24) is 15.2 Å². The molecule has 1 aromatic heterocycles. The third-order valence-electron chi connectivity index (χ3n) is 4.06. The standard InChI is InChI=1S/C21H27N3O2/c1-3-12-24(13-4-2)21(26)19-14-18(15-22-16-19)20(25)23-11-10-17-8-6-5-7-9-17/h5-9,14-16H,3-4,10-13H2,1-2H3,(H,23,25). The van der Waals surface area contributed by atoms with Gasteiger partial charge in [0.15, 0.2) is 0 Å². The average molecular weight is 353 g/mol. The lowest BCUT2D eigenvalue weighted by Crippen LogP contribution is -2.33. The highest BCUT2D eigenvalue weighted by Gasteiger charge is 2.16. The molecule has 0 fully saturated rings. The molecule has 1 N–H and O–H groups in total. The second-order valence-electron chi connectivity index (χ2n) is 6.25. The molecule has 0 atom stereocenters. The number of nitrogens with zero attached hydrogens (tertiary/aromatic N) is 2. The minimum absolute atomic E-state index is 0.0693. The molecule has 0 radical (unpaired) electrons. The van der Waals surface area contributed by atoms with Crippen molar-refractivity contribution in [3.63, 3.8) is 0 Å². The maximum absolute atomic E-state index is 12.7. The first-order valence-corrected chi connectivity index (χ1v) is 9.22. The van der Waals surface area contributed by atoms with E-state index in [0.717, 1.165) is 19.3 Å². The van der Waals surface area contributed by atoms with E-state index in [0.29, 0.717) is 30.8 Å². The smallest absolute Gasteiger partial charge is 0.255 e. The van der Waals surface area contributed by atoms with Crippen molar-refractivity contribution < 1.29 is 9.59 Å². The van der Waals surface area contributed by atoms with Crippen LogP contribution < -0.4 is 5.32 Å². The zero-order chi connectivity index (χ0) is 18.8. The lowest BCUT2D eigenvalue weighted by molar-refractivity contribution is 0.0755. The lowest BCUT2D eigenvalue weighted by Gasteiger charge is -2.21. The van der Waals surface area contributed by atoms with Crippen LogP contribution in [0.3, 0.4) is 0 Å². The number of amides is 2. The van der Waals surface area contributed by atoms with Gasteiger partial charge in [-0.25, -0.2) is 0 Å². The zero-order valence-electron chi connectivity index (χ0n) is 15.6. The molecule has 138 valence electrons. The third-order valence-corrected chi connectivity index (χ3v) is 4.06. The van der Waals surface area contributed by atoms with E-state index in [4.69, 9.17) is 0 Å². The molecule has 2 amide bonds. The molecule has 0 aliphatic heterocycles. The molecule has 0 spiro atoms. The Morgan fingerprint density at radius 2 is 1.65 bits per heavy atom. The molecular weight excluding hydrogens is 326 g/mol. The summed E-state index contributed by atoms with van der Waals surface area (Å²) in [7, 11) is 0. The minimum Gasteiger partial charge on any atom is -0.352 e. The number of nitrogens with one attached hydrogen (secondary N) is 1. The van der Waals surface area contributed by atoms with E-state index in [1.807, 2.05) is 49.1 Å². The van der Waals surface area contributed by atoms with E-state index in [1.54, 1.807) is 6.07 Å². The Morgan fingerprint density at radius 3 is 2.31 bits per heavy atom. The van der Waals surface area contributed by atoms with Crippen molar-refractivity contribution in [2.45, 2.75) is 33.1 Å². The lowest BCUT2D eigenvalue weighted by atomic mass is 10.1. The van der Waals surface area contributed by atoms with Crippen molar-refractivity contribution in [2.24, 2.45) is 0 Å². The molecule has 1 aromatic carbocycles. The number of hydrogen-bond acceptors (Lipinski definition) is 3. The van der Waals surface area contributed by atoms with Crippen LogP contribution in [0.15, 0.2) is 48.8 Å². The number of carbonyl (C=O) groups is 2. The van der Waals surface area contributed by atoms with Crippen molar-refractivity contribution in [1.29, 1.82) is 0 Å². The van der Waals surface area contributed by atoms with Gasteiger partial charge in [-0.2, -0.15) is 0 Å². The molecular formula is C21H27N3O2. The van der Waals surface area contributed by atoms with Crippen LogP contribution in [0.4, 0.5) is 0 Å². The largest absolute Gasteiger partial charge is 0.352 e. The van der Waals surface area contributed by atoms with E-state index in [1.165, 1.54) is 18.0 Å². The molecule has 0 aliphatic rings. The summed E-state index contributed by atoms with van der Waals surface area (Å²) >= 11 is 0. The topological polar surface area (TPSA) is 62.3 Å². The molecule has 0 aliphatic carbocycles. The van der Waals surface area contributed by atoms with Crippen LogP contribution in [0.1, 0.15) is 53.0 Å². The molecule has 0 bridgehead atoms. The number of benzene rings is 1. The van der Waals surface area contributed by atoms with Gasteiger partial charge in [0, 0.05) is 32.0 Å². The van der Waals surface area contributed by atoms with Gasteiger partial charge in [-0.05, 0) is 30.9 Å². The Morgan fingerprint density at radius 1 is 1.00 bits per heavy atom. The molecule has 5 heteroatoms. The molecule has 0 saturated heterocycles. The SMILES string of the molecule is CCCN(CCC)C(=O)c1cncc(C(=O)NCCc2ccccc2)c1. The number of pyridine rings is 1. The number of rotatable bonds is 9. The van der Waals surface area contributed by atoms with Crippen LogP contribution in [0, 0.1) is 0 Å². The second kappa shape index (κ2) is 10.3. The van der Waals surface area contributed by atoms with Crippen molar-refractivity contribution in [2.75, 3.05) is 19.6 Å². The van der Waals surface area contributed by atoms with Crippen LogP contribution in [-0.2, 0) is 6.42 Å². The summed E-state index contributed by atoms with van der Waals surface area (Å²) in [5.74, 6) is -0.277. The molecule has 0 saturated carbocycles.